The van der Waals surface area contributed by atoms with Gasteiger partial charge >= 0.3 is 0 Å². The van der Waals surface area contributed by atoms with Gasteiger partial charge in [-0.3, -0.25) is 0 Å². The van der Waals surface area contributed by atoms with Crippen molar-refractivity contribution in [2.75, 3.05) is 13.8 Å². The summed E-state index contributed by atoms with van der Waals surface area (Å²) in [4.78, 5) is 2.23. The summed E-state index contributed by atoms with van der Waals surface area (Å²) in [5, 5.41) is 5.05. The normalized spacial score (nSPS) is 17.2. The largest absolute Gasteiger partial charge is 0.454 e. The highest BCUT2D eigenvalue weighted by atomic mass is 16.7. The number of hydrogen-bond donors (Lipinski definition) is 0. The van der Waals surface area contributed by atoms with Crippen molar-refractivity contribution in [2.24, 2.45) is 0 Å². The van der Waals surface area contributed by atoms with E-state index in [0.29, 0.717) is 6.79 Å². The Morgan fingerprint density at radius 1 is 0.955 bits per heavy atom. The molecule has 0 aromatic heterocycles. The number of nitrogens with zero attached hydrogens (tertiary/aromatic N) is 1. The first kappa shape index (κ1) is 11.9. The number of fused-ring (bicyclic) bond motifs is 4. The SMILES string of the molecule is CN1C=c2ccccc2=C2CC=c3cc4c(cc3=C21)OCO4. The summed E-state index contributed by atoms with van der Waals surface area (Å²) in [5.41, 5.74) is 2.65. The molecule has 0 unspecified atom stereocenters. The zero-order valence-corrected chi connectivity index (χ0v) is 12.3. The predicted molar refractivity (Wildman–Crippen MR) is 85.6 cm³/mol. The molecule has 3 heteroatoms. The lowest BCUT2D eigenvalue weighted by atomic mass is 9.93. The van der Waals surface area contributed by atoms with E-state index in [1.54, 1.807) is 0 Å². The summed E-state index contributed by atoms with van der Waals surface area (Å²) in [5.74, 6) is 1.69. The van der Waals surface area contributed by atoms with Crippen molar-refractivity contribution in [2.45, 2.75) is 6.42 Å². The molecule has 0 fully saturated rings. The molecule has 5 rings (SSSR count). The molecular weight excluding hydrogens is 274 g/mol. The molecule has 22 heavy (non-hydrogen) atoms. The highest BCUT2D eigenvalue weighted by Gasteiger charge is 2.21. The van der Waals surface area contributed by atoms with E-state index in [2.05, 4.69) is 60.6 Å². The summed E-state index contributed by atoms with van der Waals surface area (Å²) >= 11 is 0. The van der Waals surface area contributed by atoms with E-state index in [1.165, 1.54) is 32.1 Å². The van der Waals surface area contributed by atoms with E-state index >= 15 is 0 Å². The van der Waals surface area contributed by atoms with Crippen LogP contribution in [0.1, 0.15) is 6.42 Å². The van der Waals surface area contributed by atoms with Gasteiger partial charge in [0, 0.05) is 18.5 Å². The zero-order valence-electron chi connectivity index (χ0n) is 12.3. The molecule has 0 saturated carbocycles. The van der Waals surface area contributed by atoms with Gasteiger partial charge in [-0.05, 0) is 39.8 Å². The minimum absolute atomic E-state index is 0.314. The zero-order chi connectivity index (χ0) is 14.7. The average Bonchev–Trinajstić information content (AvgIpc) is 2.99. The number of ether oxygens (including phenoxy) is 2. The van der Waals surface area contributed by atoms with Crippen LogP contribution in [0.5, 0.6) is 11.5 Å². The molecule has 0 atom stereocenters. The van der Waals surface area contributed by atoms with E-state index in [4.69, 9.17) is 9.47 Å². The van der Waals surface area contributed by atoms with Gasteiger partial charge in [0.2, 0.25) is 6.79 Å². The van der Waals surface area contributed by atoms with Gasteiger partial charge in [-0.2, -0.15) is 0 Å². The second-order valence-electron chi connectivity index (χ2n) is 5.86. The number of hydrogen-bond acceptors (Lipinski definition) is 3. The van der Waals surface area contributed by atoms with Gasteiger partial charge in [0.25, 0.3) is 0 Å². The van der Waals surface area contributed by atoms with Crippen molar-refractivity contribution in [3.63, 3.8) is 0 Å². The average molecular weight is 289 g/mol. The topological polar surface area (TPSA) is 21.7 Å². The fourth-order valence-electron chi connectivity index (χ4n) is 3.60. The monoisotopic (exact) mass is 289 g/mol. The van der Waals surface area contributed by atoms with Gasteiger partial charge < -0.3 is 14.4 Å². The van der Waals surface area contributed by atoms with Gasteiger partial charge in [0.05, 0.1) is 5.70 Å². The summed E-state index contributed by atoms with van der Waals surface area (Å²) in [7, 11) is 2.12. The third-order valence-corrected chi connectivity index (χ3v) is 4.58. The summed E-state index contributed by atoms with van der Waals surface area (Å²) in [6, 6.07) is 12.8. The fourth-order valence-corrected chi connectivity index (χ4v) is 3.60. The van der Waals surface area contributed by atoms with Crippen LogP contribution in [0.4, 0.5) is 0 Å². The Morgan fingerprint density at radius 2 is 1.77 bits per heavy atom. The van der Waals surface area contributed by atoms with E-state index in [-0.39, 0.29) is 0 Å². The molecule has 2 heterocycles. The van der Waals surface area contributed by atoms with Crippen molar-refractivity contribution in [1.29, 1.82) is 0 Å². The van der Waals surface area contributed by atoms with Gasteiger partial charge in [-0.1, -0.05) is 30.3 Å². The Hall–Kier alpha value is -2.68. The van der Waals surface area contributed by atoms with Crippen molar-refractivity contribution < 1.29 is 9.47 Å². The maximum absolute atomic E-state index is 5.56. The van der Waals surface area contributed by atoms with Gasteiger partial charge in [0.15, 0.2) is 11.5 Å². The highest BCUT2D eigenvalue weighted by Crippen LogP contribution is 2.30. The van der Waals surface area contributed by atoms with Crippen LogP contribution in [0.15, 0.2) is 36.4 Å². The summed E-state index contributed by atoms with van der Waals surface area (Å²) < 4.78 is 11.1. The Labute approximate surface area is 127 Å². The molecule has 2 aromatic carbocycles. The van der Waals surface area contributed by atoms with Crippen molar-refractivity contribution in [1.82, 2.24) is 4.90 Å². The minimum atomic E-state index is 0.314. The first-order chi connectivity index (χ1) is 10.8. The molecule has 3 nitrogen and oxygen atoms in total. The summed E-state index contributed by atoms with van der Waals surface area (Å²) in [6.07, 6.45) is 5.43. The van der Waals surface area contributed by atoms with E-state index in [0.717, 1.165) is 17.9 Å². The lowest BCUT2D eigenvalue weighted by Crippen LogP contribution is -2.42. The van der Waals surface area contributed by atoms with Gasteiger partial charge in [-0.25, -0.2) is 0 Å². The van der Waals surface area contributed by atoms with Gasteiger partial charge in [0.1, 0.15) is 0 Å². The van der Waals surface area contributed by atoms with Crippen molar-refractivity contribution >= 4 is 23.5 Å². The standard InChI is InChI=1S/C19H15NO2/c1-20-10-13-4-2-3-5-14(13)15-7-6-12-8-17-18(22-11-21-17)9-16(12)19(15)20/h2-6,8-10H,7,11H2,1H3. The van der Waals surface area contributed by atoms with E-state index in [1.807, 2.05) is 0 Å². The molecule has 2 aromatic rings. The second kappa shape index (κ2) is 4.17. The van der Waals surface area contributed by atoms with E-state index < -0.39 is 0 Å². The molecule has 0 amide bonds. The van der Waals surface area contributed by atoms with Crippen LogP contribution < -0.4 is 30.3 Å². The van der Waals surface area contributed by atoms with Crippen molar-refractivity contribution in [3.05, 3.63) is 57.3 Å². The Balaban J connectivity index is 1.95. The highest BCUT2D eigenvalue weighted by molar-refractivity contribution is 5.93. The van der Waals surface area contributed by atoms with Gasteiger partial charge in [-0.15, -0.1) is 0 Å². The van der Waals surface area contributed by atoms with Crippen LogP contribution in [0.25, 0.3) is 23.5 Å². The smallest absolute Gasteiger partial charge is 0.231 e. The molecule has 3 aliphatic rings. The lowest BCUT2D eigenvalue weighted by Gasteiger charge is -2.27. The molecule has 0 radical (unpaired) electrons. The molecule has 0 saturated heterocycles. The van der Waals surface area contributed by atoms with Crippen molar-refractivity contribution in [3.8, 4) is 11.5 Å². The molecule has 108 valence electrons. The maximum atomic E-state index is 5.56. The first-order valence-corrected chi connectivity index (χ1v) is 7.49. The molecular formula is C19H15NO2. The van der Waals surface area contributed by atoms with Crippen LogP contribution >= 0.6 is 0 Å². The molecule has 1 aliphatic carbocycles. The van der Waals surface area contributed by atoms with Crippen LogP contribution in [-0.2, 0) is 0 Å². The lowest BCUT2D eigenvalue weighted by molar-refractivity contribution is 0.174. The fraction of sp³-hybridized carbons (Fsp3) is 0.158. The Bertz CT molecular complexity index is 1050. The Morgan fingerprint density at radius 3 is 2.68 bits per heavy atom. The van der Waals surface area contributed by atoms with E-state index in [9.17, 15) is 0 Å². The maximum Gasteiger partial charge on any atom is 0.231 e. The minimum Gasteiger partial charge on any atom is -0.454 e. The summed E-state index contributed by atoms with van der Waals surface area (Å²) in [6.45, 7) is 0.314. The Kier molecular flexibility index (Phi) is 2.26. The van der Waals surface area contributed by atoms with Crippen LogP contribution in [0, 0.1) is 0 Å². The first-order valence-electron chi connectivity index (χ1n) is 7.49. The van der Waals surface area contributed by atoms with Crippen LogP contribution in [-0.4, -0.2) is 18.7 Å². The van der Waals surface area contributed by atoms with Crippen LogP contribution in [0.3, 0.4) is 0 Å². The number of benzene rings is 2. The molecule has 0 bridgehead atoms. The van der Waals surface area contributed by atoms with Crippen LogP contribution in [0.2, 0.25) is 0 Å². The molecule has 0 spiro atoms. The number of rotatable bonds is 0. The third kappa shape index (κ3) is 1.51. The second-order valence-corrected chi connectivity index (χ2v) is 5.86. The quantitative estimate of drug-likeness (QED) is 0.694. The molecule has 0 N–H and O–H groups in total. The third-order valence-electron chi connectivity index (χ3n) is 4.58. The molecule has 2 aliphatic heterocycles. The predicted octanol–water partition coefficient (Wildman–Crippen LogP) is 0.242.